The Morgan fingerprint density at radius 3 is 2.31 bits per heavy atom. The molecule has 68 valence electrons. The van der Waals surface area contributed by atoms with Gasteiger partial charge in [0.25, 0.3) is 0 Å². The van der Waals surface area contributed by atoms with Gasteiger partial charge in [-0.2, -0.15) is 0 Å². The zero-order valence-electron chi connectivity index (χ0n) is 8.59. The molecule has 0 nitrogen and oxygen atoms in total. The Balaban J connectivity index is 3.05. The number of benzene rings is 1. The highest BCUT2D eigenvalue weighted by atomic mass is 14.0. The Hall–Kier alpha value is -1.26. The van der Waals surface area contributed by atoms with Gasteiger partial charge < -0.3 is 0 Å². The molecule has 0 aliphatic carbocycles. The fourth-order valence-corrected chi connectivity index (χ4v) is 1.17. The van der Waals surface area contributed by atoms with E-state index in [9.17, 15) is 0 Å². The predicted octanol–water partition coefficient (Wildman–Crippen LogP) is 4.05. The summed E-state index contributed by atoms with van der Waals surface area (Å²) in [5, 5.41) is 0. The normalized spacial score (nSPS) is 9.15. The highest BCUT2D eigenvalue weighted by molar-refractivity contribution is 5.63. The van der Waals surface area contributed by atoms with Crippen molar-refractivity contribution in [3.63, 3.8) is 0 Å². The third kappa shape index (κ3) is 2.93. The zero-order chi connectivity index (χ0) is 9.68. The van der Waals surface area contributed by atoms with Crippen LogP contribution in [0.1, 0.15) is 32.8 Å². The molecule has 0 aromatic heterocycles. The van der Waals surface area contributed by atoms with Crippen molar-refractivity contribution in [2.45, 2.75) is 27.2 Å². The molecule has 0 radical (unpaired) electrons. The molecule has 0 unspecified atom stereocenters. The van der Waals surface area contributed by atoms with E-state index in [1.165, 1.54) is 16.7 Å². The summed E-state index contributed by atoms with van der Waals surface area (Å²) in [6.07, 6.45) is 1.07. The van der Waals surface area contributed by atoms with Gasteiger partial charge in [-0.05, 0) is 37.0 Å². The second-order valence-corrected chi connectivity index (χ2v) is 3.25. The van der Waals surface area contributed by atoms with Crippen LogP contribution < -0.4 is 0 Å². The molecule has 1 aromatic carbocycles. The molecule has 0 atom stereocenters. The molecule has 0 saturated carbocycles. The van der Waals surface area contributed by atoms with E-state index in [0.717, 1.165) is 6.42 Å². The minimum atomic E-state index is 1.07. The van der Waals surface area contributed by atoms with E-state index >= 15 is 0 Å². The third-order valence-electron chi connectivity index (χ3n) is 2.14. The Morgan fingerprint density at radius 1 is 1.15 bits per heavy atom. The minimum absolute atomic E-state index is 1.07. The van der Waals surface area contributed by atoms with Gasteiger partial charge in [0.15, 0.2) is 0 Å². The SMILES string of the molecule is CCC(C)=C=C(C)c1ccccc1. The number of allylic oxidation sites excluding steroid dienone is 1. The summed E-state index contributed by atoms with van der Waals surface area (Å²) in [6.45, 7) is 6.38. The van der Waals surface area contributed by atoms with E-state index < -0.39 is 0 Å². The zero-order valence-corrected chi connectivity index (χ0v) is 8.59. The molecule has 0 aliphatic heterocycles. The molecule has 0 heteroatoms. The molecule has 1 aromatic rings. The smallest absolute Gasteiger partial charge is 0.00196 e. The molecular weight excluding hydrogens is 156 g/mol. The van der Waals surface area contributed by atoms with Crippen molar-refractivity contribution in [1.29, 1.82) is 0 Å². The molecule has 0 amide bonds. The summed E-state index contributed by atoms with van der Waals surface area (Å²) in [4.78, 5) is 0. The fraction of sp³-hybridized carbons (Fsp3) is 0.308. The van der Waals surface area contributed by atoms with Crippen LogP contribution in [-0.4, -0.2) is 0 Å². The van der Waals surface area contributed by atoms with Crippen molar-refractivity contribution in [1.82, 2.24) is 0 Å². The van der Waals surface area contributed by atoms with Crippen LogP contribution in [0.15, 0.2) is 41.6 Å². The van der Waals surface area contributed by atoms with Crippen LogP contribution in [-0.2, 0) is 0 Å². The minimum Gasteiger partial charge on any atom is -0.118 e. The summed E-state index contributed by atoms with van der Waals surface area (Å²) in [6, 6.07) is 10.4. The third-order valence-corrected chi connectivity index (χ3v) is 2.14. The molecule has 0 saturated heterocycles. The summed E-state index contributed by atoms with van der Waals surface area (Å²) < 4.78 is 0. The number of hydrogen-bond donors (Lipinski definition) is 0. The van der Waals surface area contributed by atoms with Crippen molar-refractivity contribution in [2.75, 3.05) is 0 Å². The summed E-state index contributed by atoms with van der Waals surface area (Å²) >= 11 is 0. The Kier molecular flexibility index (Phi) is 3.54. The van der Waals surface area contributed by atoms with Crippen LogP contribution in [0, 0.1) is 0 Å². The number of rotatable bonds is 2. The second kappa shape index (κ2) is 4.69. The first-order valence-electron chi connectivity index (χ1n) is 4.72. The molecule has 0 bridgehead atoms. The Morgan fingerprint density at radius 2 is 1.77 bits per heavy atom. The van der Waals surface area contributed by atoms with Gasteiger partial charge in [0.1, 0.15) is 0 Å². The summed E-state index contributed by atoms with van der Waals surface area (Å²) in [7, 11) is 0. The van der Waals surface area contributed by atoms with Gasteiger partial charge in [-0.1, -0.05) is 37.3 Å². The largest absolute Gasteiger partial charge is 0.118 e. The van der Waals surface area contributed by atoms with E-state index in [4.69, 9.17) is 0 Å². The standard InChI is InChI=1S/C13H16/c1-4-11(2)10-12(3)13-8-6-5-7-9-13/h5-9H,4H2,1-3H3. The van der Waals surface area contributed by atoms with Crippen LogP contribution in [0.4, 0.5) is 0 Å². The molecule has 0 heterocycles. The second-order valence-electron chi connectivity index (χ2n) is 3.25. The Labute approximate surface area is 80.6 Å². The lowest BCUT2D eigenvalue weighted by molar-refractivity contribution is 1.10. The van der Waals surface area contributed by atoms with E-state index in [1.807, 2.05) is 6.07 Å². The van der Waals surface area contributed by atoms with Crippen molar-refractivity contribution >= 4 is 5.57 Å². The lowest BCUT2D eigenvalue weighted by atomic mass is 10.1. The lowest BCUT2D eigenvalue weighted by Crippen LogP contribution is -1.76. The first-order valence-corrected chi connectivity index (χ1v) is 4.72. The lowest BCUT2D eigenvalue weighted by Gasteiger charge is -1.97. The molecule has 13 heavy (non-hydrogen) atoms. The molecular formula is C13H16. The maximum absolute atomic E-state index is 3.38. The van der Waals surface area contributed by atoms with Gasteiger partial charge in [0, 0.05) is 0 Å². The van der Waals surface area contributed by atoms with E-state index in [-0.39, 0.29) is 0 Å². The first kappa shape index (κ1) is 9.83. The molecule has 0 N–H and O–H groups in total. The Bertz CT molecular complexity index is 324. The highest BCUT2D eigenvalue weighted by Gasteiger charge is 1.91. The van der Waals surface area contributed by atoms with Crippen LogP contribution in [0.3, 0.4) is 0 Å². The van der Waals surface area contributed by atoms with Crippen molar-refractivity contribution in [2.24, 2.45) is 0 Å². The van der Waals surface area contributed by atoms with E-state index in [1.54, 1.807) is 0 Å². The van der Waals surface area contributed by atoms with Gasteiger partial charge in [-0.25, -0.2) is 0 Å². The van der Waals surface area contributed by atoms with Gasteiger partial charge >= 0.3 is 0 Å². The van der Waals surface area contributed by atoms with Crippen molar-refractivity contribution in [3.05, 3.63) is 47.2 Å². The highest BCUT2D eigenvalue weighted by Crippen LogP contribution is 2.12. The van der Waals surface area contributed by atoms with Gasteiger partial charge in [0.05, 0.1) is 0 Å². The quantitative estimate of drug-likeness (QED) is 0.590. The topological polar surface area (TPSA) is 0 Å². The maximum Gasteiger partial charge on any atom is -0.00196 e. The maximum atomic E-state index is 3.38. The van der Waals surface area contributed by atoms with Gasteiger partial charge in [0.2, 0.25) is 0 Å². The molecule has 1 rings (SSSR count). The van der Waals surface area contributed by atoms with E-state index in [0.29, 0.717) is 0 Å². The van der Waals surface area contributed by atoms with Gasteiger partial charge in [-0.15, -0.1) is 5.73 Å². The van der Waals surface area contributed by atoms with Crippen molar-refractivity contribution in [3.8, 4) is 0 Å². The molecule has 0 aliphatic rings. The van der Waals surface area contributed by atoms with E-state index in [2.05, 4.69) is 50.8 Å². The predicted molar refractivity (Wildman–Crippen MR) is 58.5 cm³/mol. The molecule has 0 spiro atoms. The van der Waals surface area contributed by atoms with Crippen LogP contribution >= 0.6 is 0 Å². The molecule has 0 fully saturated rings. The first-order chi connectivity index (χ1) is 6.24. The summed E-state index contributed by atoms with van der Waals surface area (Å²) in [5.74, 6) is 0. The summed E-state index contributed by atoms with van der Waals surface area (Å²) in [5.41, 5.74) is 7.17. The van der Waals surface area contributed by atoms with Crippen LogP contribution in [0.2, 0.25) is 0 Å². The average molecular weight is 172 g/mol. The van der Waals surface area contributed by atoms with Gasteiger partial charge in [-0.3, -0.25) is 0 Å². The van der Waals surface area contributed by atoms with Crippen molar-refractivity contribution < 1.29 is 0 Å². The monoisotopic (exact) mass is 172 g/mol. The van der Waals surface area contributed by atoms with Crippen LogP contribution in [0.25, 0.3) is 5.57 Å². The fourth-order valence-electron chi connectivity index (χ4n) is 1.17. The average Bonchev–Trinajstić information content (AvgIpc) is 2.19. The van der Waals surface area contributed by atoms with Crippen LogP contribution in [0.5, 0.6) is 0 Å². The number of hydrogen-bond acceptors (Lipinski definition) is 0.